The summed E-state index contributed by atoms with van der Waals surface area (Å²) in [6.45, 7) is 5.37. The van der Waals surface area contributed by atoms with Gasteiger partial charge in [0, 0.05) is 13.1 Å². The SMILES string of the molecule is CCNC(=O)CN(CC)S(=O)(=O)c1cnn(-c2ccc(F)cc2)c1C. The predicted octanol–water partition coefficient (Wildman–Crippen LogP) is 1.47. The molecule has 0 saturated carbocycles. The maximum absolute atomic E-state index is 13.1. The molecule has 1 aromatic heterocycles. The van der Waals surface area contributed by atoms with E-state index in [1.54, 1.807) is 20.8 Å². The Morgan fingerprint density at radius 2 is 1.92 bits per heavy atom. The molecule has 0 aliphatic rings. The molecule has 2 rings (SSSR count). The highest BCUT2D eigenvalue weighted by Gasteiger charge is 2.29. The van der Waals surface area contributed by atoms with Gasteiger partial charge in [0.1, 0.15) is 10.7 Å². The van der Waals surface area contributed by atoms with E-state index in [0.29, 0.717) is 17.9 Å². The molecule has 0 aliphatic carbocycles. The fraction of sp³-hybridized carbons (Fsp3) is 0.375. The zero-order chi connectivity index (χ0) is 18.6. The van der Waals surface area contributed by atoms with Crippen LogP contribution in [-0.4, -0.2) is 48.0 Å². The molecule has 25 heavy (non-hydrogen) atoms. The summed E-state index contributed by atoms with van der Waals surface area (Å²) in [7, 11) is -3.88. The number of rotatable bonds is 7. The lowest BCUT2D eigenvalue weighted by Crippen LogP contribution is -2.40. The van der Waals surface area contributed by atoms with Crippen LogP contribution in [0.25, 0.3) is 5.69 Å². The lowest BCUT2D eigenvalue weighted by atomic mass is 10.3. The van der Waals surface area contributed by atoms with E-state index in [1.807, 2.05) is 0 Å². The summed E-state index contributed by atoms with van der Waals surface area (Å²) >= 11 is 0. The molecule has 0 fully saturated rings. The number of nitrogens with one attached hydrogen (secondary N) is 1. The van der Waals surface area contributed by atoms with Crippen LogP contribution < -0.4 is 5.32 Å². The summed E-state index contributed by atoms with van der Waals surface area (Å²) in [5.41, 5.74) is 0.938. The van der Waals surface area contributed by atoms with Gasteiger partial charge in [0.05, 0.1) is 24.1 Å². The summed E-state index contributed by atoms with van der Waals surface area (Å²) in [6, 6.07) is 5.58. The second kappa shape index (κ2) is 7.75. The van der Waals surface area contributed by atoms with Gasteiger partial charge in [-0.05, 0) is 38.1 Å². The average Bonchev–Trinajstić information content (AvgIpc) is 2.96. The zero-order valence-corrected chi connectivity index (χ0v) is 15.2. The summed E-state index contributed by atoms with van der Waals surface area (Å²) in [5, 5.41) is 6.69. The first-order valence-electron chi connectivity index (χ1n) is 7.88. The molecule has 1 amide bonds. The van der Waals surface area contributed by atoms with Crippen molar-refractivity contribution in [3.05, 3.63) is 42.0 Å². The molecular weight excluding hydrogens is 347 g/mol. The first kappa shape index (κ1) is 19.1. The first-order chi connectivity index (χ1) is 11.8. The Bertz CT molecular complexity index is 847. The summed E-state index contributed by atoms with van der Waals surface area (Å²) < 4.78 is 41.3. The van der Waals surface area contributed by atoms with Gasteiger partial charge in [-0.2, -0.15) is 9.40 Å². The first-order valence-corrected chi connectivity index (χ1v) is 9.32. The van der Waals surface area contributed by atoms with E-state index in [9.17, 15) is 17.6 Å². The van der Waals surface area contributed by atoms with Crippen LogP contribution in [0.1, 0.15) is 19.5 Å². The molecule has 136 valence electrons. The number of likely N-dealkylation sites (N-methyl/N-ethyl adjacent to an activating group) is 2. The minimum absolute atomic E-state index is 0.0166. The van der Waals surface area contributed by atoms with Gasteiger partial charge in [0.2, 0.25) is 15.9 Å². The summed E-state index contributed by atoms with van der Waals surface area (Å²) in [6.07, 6.45) is 1.24. The number of halogens is 1. The van der Waals surface area contributed by atoms with E-state index in [4.69, 9.17) is 0 Å². The van der Waals surface area contributed by atoms with E-state index in [2.05, 4.69) is 10.4 Å². The van der Waals surface area contributed by atoms with E-state index < -0.39 is 10.0 Å². The van der Waals surface area contributed by atoms with E-state index in [-0.39, 0.29) is 29.7 Å². The van der Waals surface area contributed by atoms with Crippen molar-refractivity contribution in [1.29, 1.82) is 0 Å². The van der Waals surface area contributed by atoms with E-state index >= 15 is 0 Å². The van der Waals surface area contributed by atoms with Gasteiger partial charge in [-0.15, -0.1) is 0 Å². The quantitative estimate of drug-likeness (QED) is 0.802. The number of amides is 1. The maximum atomic E-state index is 13.1. The highest BCUT2D eigenvalue weighted by molar-refractivity contribution is 7.89. The summed E-state index contributed by atoms with van der Waals surface area (Å²) in [4.78, 5) is 11.8. The van der Waals surface area contributed by atoms with Crippen LogP contribution in [0.5, 0.6) is 0 Å². The molecule has 0 saturated heterocycles. The Balaban J connectivity index is 2.36. The number of carbonyl (C=O) groups is 1. The standard InChI is InChI=1S/C16H21FN4O3S/c1-4-18-16(22)11-20(5-2)25(23,24)15-10-19-21(12(15)3)14-8-6-13(17)7-9-14/h6-10H,4-5,11H2,1-3H3,(H,18,22). The van der Waals surface area contributed by atoms with Crippen LogP contribution >= 0.6 is 0 Å². The van der Waals surface area contributed by atoms with Gasteiger partial charge < -0.3 is 5.32 Å². The Morgan fingerprint density at radius 1 is 1.28 bits per heavy atom. The van der Waals surface area contributed by atoms with Crippen molar-refractivity contribution in [2.24, 2.45) is 0 Å². The van der Waals surface area contributed by atoms with Crippen molar-refractivity contribution in [2.75, 3.05) is 19.6 Å². The molecular formula is C16H21FN4O3S. The van der Waals surface area contributed by atoms with Crippen molar-refractivity contribution in [1.82, 2.24) is 19.4 Å². The molecule has 7 nitrogen and oxygen atoms in total. The Kier molecular flexibility index (Phi) is 5.91. The Hall–Kier alpha value is -2.26. The zero-order valence-electron chi connectivity index (χ0n) is 14.4. The molecule has 0 unspecified atom stereocenters. The molecule has 1 aromatic carbocycles. The number of carbonyl (C=O) groups excluding carboxylic acids is 1. The molecule has 0 bridgehead atoms. The fourth-order valence-corrected chi connectivity index (χ4v) is 3.95. The minimum atomic E-state index is -3.88. The van der Waals surface area contributed by atoms with Crippen molar-refractivity contribution in [3.8, 4) is 5.69 Å². The maximum Gasteiger partial charge on any atom is 0.246 e. The van der Waals surface area contributed by atoms with Crippen LogP contribution in [0.4, 0.5) is 4.39 Å². The lowest BCUT2D eigenvalue weighted by molar-refractivity contribution is -0.121. The molecule has 9 heteroatoms. The van der Waals surface area contributed by atoms with Crippen LogP contribution in [0, 0.1) is 12.7 Å². The van der Waals surface area contributed by atoms with E-state index in [0.717, 1.165) is 4.31 Å². The van der Waals surface area contributed by atoms with Crippen LogP contribution in [-0.2, 0) is 14.8 Å². The third-order valence-corrected chi connectivity index (χ3v) is 5.72. The third kappa shape index (κ3) is 4.05. The molecule has 1 heterocycles. The Labute approximate surface area is 146 Å². The Morgan fingerprint density at radius 3 is 2.48 bits per heavy atom. The van der Waals surface area contributed by atoms with Crippen LogP contribution in [0.15, 0.2) is 35.4 Å². The second-order valence-electron chi connectivity index (χ2n) is 5.37. The number of nitrogens with zero attached hydrogens (tertiary/aromatic N) is 3. The second-order valence-corrected chi connectivity index (χ2v) is 7.27. The number of sulfonamides is 1. The summed E-state index contributed by atoms with van der Waals surface area (Å²) in [5.74, 6) is -0.753. The predicted molar refractivity (Wildman–Crippen MR) is 91.4 cm³/mol. The highest BCUT2D eigenvalue weighted by Crippen LogP contribution is 2.22. The highest BCUT2D eigenvalue weighted by atomic mass is 32.2. The molecule has 2 aromatic rings. The number of hydrogen-bond acceptors (Lipinski definition) is 4. The molecule has 0 radical (unpaired) electrons. The molecule has 1 N–H and O–H groups in total. The monoisotopic (exact) mass is 368 g/mol. The van der Waals surface area contributed by atoms with Crippen molar-refractivity contribution >= 4 is 15.9 Å². The molecule has 0 aliphatic heterocycles. The third-order valence-electron chi connectivity index (χ3n) is 3.70. The van der Waals surface area contributed by atoms with Crippen LogP contribution in [0.2, 0.25) is 0 Å². The van der Waals surface area contributed by atoms with Crippen molar-refractivity contribution in [3.63, 3.8) is 0 Å². The van der Waals surface area contributed by atoms with Crippen molar-refractivity contribution in [2.45, 2.75) is 25.7 Å². The van der Waals surface area contributed by atoms with Gasteiger partial charge in [0.15, 0.2) is 0 Å². The number of aromatic nitrogens is 2. The smallest absolute Gasteiger partial charge is 0.246 e. The largest absolute Gasteiger partial charge is 0.355 e. The normalized spacial score (nSPS) is 11.7. The number of benzene rings is 1. The molecule has 0 spiro atoms. The fourth-order valence-electron chi connectivity index (χ4n) is 2.41. The minimum Gasteiger partial charge on any atom is -0.355 e. The van der Waals surface area contributed by atoms with Gasteiger partial charge in [-0.1, -0.05) is 6.92 Å². The van der Waals surface area contributed by atoms with Gasteiger partial charge in [-0.25, -0.2) is 17.5 Å². The van der Waals surface area contributed by atoms with Gasteiger partial charge in [-0.3, -0.25) is 4.79 Å². The number of hydrogen-bond donors (Lipinski definition) is 1. The topological polar surface area (TPSA) is 84.3 Å². The average molecular weight is 368 g/mol. The van der Waals surface area contributed by atoms with E-state index in [1.165, 1.54) is 35.1 Å². The lowest BCUT2D eigenvalue weighted by Gasteiger charge is -2.19. The van der Waals surface area contributed by atoms with Gasteiger partial charge >= 0.3 is 0 Å². The van der Waals surface area contributed by atoms with Crippen molar-refractivity contribution < 1.29 is 17.6 Å². The van der Waals surface area contributed by atoms with Crippen LogP contribution in [0.3, 0.4) is 0 Å². The molecule has 0 atom stereocenters. The van der Waals surface area contributed by atoms with Gasteiger partial charge in [0.25, 0.3) is 0 Å².